The highest BCUT2D eigenvalue weighted by Crippen LogP contribution is 2.41. The van der Waals surface area contributed by atoms with E-state index in [1.165, 1.54) is 3.97 Å². The number of hydrogen-bond acceptors (Lipinski definition) is 5. The number of likely N-dealkylation sites (tertiary alicyclic amines) is 1. The van der Waals surface area contributed by atoms with E-state index in [1.54, 1.807) is 53.4 Å². The van der Waals surface area contributed by atoms with Gasteiger partial charge in [0, 0.05) is 33.2 Å². The molecule has 0 spiro atoms. The standard InChI is InChI=1S/C28H28BrClN2O5S/c1-17-5-8-21(9-6-17)38(34,35)32-24-10-7-19(30)15-22(24)23-13-18(29)14-25(26(23)32)36-20-11-12-31(16-20)27(33)37-28(2,3)4/h5-10,13-15,20H,11-12,16H2,1-4H3. The van der Waals surface area contributed by atoms with Gasteiger partial charge in [0.2, 0.25) is 0 Å². The van der Waals surface area contributed by atoms with Crippen molar-refractivity contribution < 1.29 is 22.7 Å². The summed E-state index contributed by atoms with van der Waals surface area (Å²) in [5.41, 5.74) is 1.28. The maximum absolute atomic E-state index is 14.1. The Morgan fingerprint density at radius 2 is 1.76 bits per heavy atom. The fourth-order valence-electron chi connectivity index (χ4n) is 4.66. The van der Waals surface area contributed by atoms with E-state index in [4.69, 9.17) is 21.1 Å². The number of aromatic nitrogens is 1. The Morgan fingerprint density at radius 1 is 1.05 bits per heavy atom. The number of halogens is 2. The van der Waals surface area contributed by atoms with Crippen LogP contribution in [0, 0.1) is 6.92 Å². The Labute approximate surface area is 235 Å². The molecule has 4 aromatic rings. The fourth-order valence-corrected chi connectivity index (χ4v) is 6.81. The number of carbonyl (C=O) groups excluding carboxylic acids is 1. The van der Waals surface area contributed by atoms with Crippen LogP contribution < -0.4 is 4.74 Å². The highest BCUT2D eigenvalue weighted by molar-refractivity contribution is 9.10. The molecule has 1 aromatic heterocycles. The molecule has 1 fully saturated rings. The van der Waals surface area contributed by atoms with Gasteiger partial charge < -0.3 is 14.4 Å². The summed E-state index contributed by atoms with van der Waals surface area (Å²) in [7, 11) is -4.00. The molecule has 1 amide bonds. The number of aryl methyl sites for hydroxylation is 1. The van der Waals surface area contributed by atoms with Crippen LogP contribution in [0.25, 0.3) is 21.8 Å². The third-order valence-corrected chi connectivity index (χ3v) is 8.78. The van der Waals surface area contributed by atoms with Crippen LogP contribution in [0.2, 0.25) is 5.02 Å². The molecule has 1 aliphatic rings. The molecule has 0 radical (unpaired) electrons. The summed E-state index contributed by atoms with van der Waals surface area (Å²) in [6, 6.07) is 15.5. The van der Waals surface area contributed by atoms with Crippen LogP contribution in [0.3, 0.4) is 0 Å². The Balaban J connectivity index is 1.63. The highest BCUT2D eigenvalue weighted by atomic mass is 79.9. The second kappa shape index (κ2) is 9.77. The lowest BCUT2D eigenvalue weighted by Crippen LogP contribution is -2.36. The first-order chi connectivity index (χ1) is 17.8. The van der Waals surface area contributed by atoms with Crippen molar-refractivity contribution in [3.8, 4) is 5.75 Å². The lowest BCUT2D eigenvalue weighted by Gasteiger charge is -2.24. The molecule has 0 aliphatic carbocycles. The molecule has 0 N–H and O–H groups in total. The molecule has 1 atom stereocenters. The van der Waals surface area contributed by atoms with Crippen molar-refractivity contribution in [3.63, 3.8) is 0 Å². The average molecular weight is 620 g/mol. The number of benzene rings is 3. The molecule has 200 valence electrons. The second-order valence-electron chi connectivity index (χ2n) is 10.5. The smallest absolute Gasteiger partial charge is 0.410 e. The van der Waals surface area contributed by atoms with E-state index in [-0.39, 0.29) is 11.0 Å². The molecule has 2 heterocycles. The van der Waals surface area contributed by atoms with E-state index in [0.29, 0.717) is 52.1 Å². The SMILES string of the molecule is Cc1ccc(S(=O)(=O)n2c3ccc(Cl)cc3c3cc(Br)cc(OC4CCN(C(=O)OC(C)(C)C)C4)c32)cc1. The number of nitrogens with zero attached hydrogens (tertiary/aromatic N) is 2. The van der Waals surface area contributed by atoms with Crippen LogP contribution in [-0.4, -0.2) is 48.2 Å². The molecular formula is C28H28BrClN2O5S. The summed E-state index contributed by atoms with van der Waals surface area (Å²) < 4.78 is 42.1. The summed E-state index contributed by atoms with van der Waals surface area (Å²) in [5, 5.41) is 1.87. The van der Waals surface area contributed by atoms with Crippen LogP contribution >= 0.6 is 27.5 Å². The summed E-state index contributed by atoms with van der Waals surface area (Å²) in [5.74, 6) is 0.397. The quantitative estimate of drug-likeness (QED) is 0.243. The maximum atomic E-state index is 14.1. The van der Waals surface area contributed by atoms with E-state index in [2.05, 4.69) is 15.9 Å². The summed E-state index contributed by atoms with van der Waals surface area (Å²) in [6.07, 6.45) is -0.143. The molecule has 3 aromatic carbocycles. The van der Waals surface area contributed by atoms with Crippen LogP contribution in [0.1, 0.15) is 32.8 Å². The van der Waals surface area contributed by atoms with Crippen LogP contribution in [0.4, 0.5) is 4.79 Å². The predicted molar refractivity (Wildman–Crippen MR) is 153 cm³/mol. The number of carbonyl (C=O) groups is 1. The first-order valence-corrected chi connectivity index (χ1v) is 14.8. The first kappa shape index (κ1) is 26.8. The van der Waals surface area contributed by atoms with Gasteiger partial charge in [-0.1, -0.05) is 45.2 Å². The third-order valence-electron chi connectivity index (χ3n) is 6.36. The molecule has 1 aliphatic heterocycles. The molecule has 38 heavy (non-hydrogen) atoms. The van der Waals surface area contributed by atoms with Gasteiger partial charge in [0.25, 0.3) is 10.0 Å². The minimum absolute atomic E-state index is 0.169. The van der Waals surface area contributed by atoms with Crippen LogP contribution in [-0.2, 0) is 14.8 Å². The Kier molecular flexibility index (Phi) is 6.90. The lowest BCUT2D eigenvalue weighted by molar-refractivity contribution is 0.0276. The second-order valence-corrected chi connectivity index (χ2v) is 13.6. The van der Waals surface area contributed by atoms with Crippen molar-refractivity contribution in [2.75, 3.05) is 13.1 Å². The van der Waals surface area contributed by atoms with E-state index in [1.807, 2.05) is 33.8 Å². The first-order valence-electron chi connectivity index (χ1n) is 12.2. The van der Waals surface area contributed by atoms with Gasteiger partial charge in [-0.3, -0.25) is 0 Å². The van der Waals surface area contributed by atoms with E-state index in [9.17, 15) is 13.2 Å². The number of hydrogen-bond donors (Lipinski definition) is 0. The van der Waals surface area contributed by atoms with Gasteiger partial charge in [-0.2, -0.15) is 0 Å². The van der Waals surface area contributed by atoms with Gasteiger partial charge in [0.15, 0.2) is 0 Å². The van der Waals surface area contributed by atoms with Crippen molar-refractivity contribution in [2.45, 2.75) is 50.7 Å². The van der Waals surface area contributed by atoms with Crippen LogP contribution in [0.5, 0.6) is 5.75 Å². The lowest BCUT2D eigenvalue weighted by atomic mass is 10.1. The van der Waals surface area contributed by atoms with E-state index < -0.39 is 21.7 Å². The maximum Gasteiger partial charge on any atom is 0.410 e. The molecule has 7 nitrogen and oxygen atoms in total. The van der Waals surface area contributed by atoms with Gasteiger partial charge in [-0.25, -0.2) is 17.2 Å². The zero-order valence-electron chi connectivity index (χ0n) is 21.5. The van der Waals surface area contributed by atoms with Gasteiger partial charge in [0.1, 0.15) is 23.0 Å². The zero-order chi connectivity index (χ0) is 27.4. The van der Waals surface area contributed by atoms with Crippen molar-refractivity contribution in [1.29, 1.82) is 0 Å². The molecular weight excluding hydrogens is 592 g/mol. The number of fused-ring (bicyclic) bond motifs is 3. The topological polar surface area (TPSA) is 77.8 Å². The molecule has 1 saturated heterocycles. The predicted octanol–water partition coefficient (Wildman–Crippen LogP) is 7.14. The third kappa shape index (κ3) is 5.11. The van der Waals surface area contributed by atoms with E-state index >= 15 is 0 Å². The minimum atomic E-state index is -4.00. The Hall–Kier alpha value is -2.75. The molecule has 0 saturated carbocycles. The number of ether oxygens (including phenoxy) is 2. The minimum Gasteiger partial charge on any atom is -0.486 e. The molecule has 5 rings (SSSR count). The molecule has 0 bridgehead atoms. The highest BCUT2D eigenvalue weighted by Gasteiger charge is 2.33. The van der Waals surface area contributed by atoms with Gasteiger partial charge in [0.05, 0.1) is 17.0 Å². The van der Waals surface area contributed by atoms with Gasteiger partial charge >= 0.3 is 6.09 Å². The molecule has 1 unspecified atom stereocenters. The number of rotatable bonds is 4. The van der Waals surface area contributed by atoms with Crippen molar-refractivity contribution in [3.05, 3.63) is 69.7 Å². The monoisotopic (exact) mass is 618 g/mol. The fraction of sp³-hybridized carbons (Fsp3) is 0.321. The van der Waals surface area contributed by atoms with E-state index in [0.717, 1.165) is 10.0 Å². The zero-order valence-corrected chi connectivity index (χ0v) is 24.7. The van der Waals surface area contributed by atoms with Crippen molar-refractivity contribution in [2.24, 2.45) is 0 Å². The average Bonchev–Trinajstić information content (AvgIpc) is 3.41. The van der Waals surface area contributed by atoms with Gasteiger partial charge in [-0.05, 0) is 70.2 Å². The largest absolute Gasteiger partial charge is 0.486 e. The number of amides is 1. The van der Waals surface area contributed by atoms with Crippen LogP contribution in [0.15, 0.2) is 64.0 Å². The Bertz CT molecular complexity index is 1660. The summed E-state index contributed by atoms with van der Waals surface area (Å²) >= 11 is 9.90. The summed E-state index contributed by atoms with van der Waals surface area (Å²) in [4.78, 5) is 14.4. The Morgan fingerprint density at radius 3 is 2.45 bits per heavy atom. The van der Waals surface area contributed by atoms with Gasteiger partial charge in [-0.15, -0.1) is 0 Å². The summed E-state index contributed by atoms with van der Waals surface area (Å²) in [6.45, 7) is 8.20. The molecule has 10 heteroatoms. The normalized spacial score (nSPS) is 16.4. The van der Waals surface area contributed by atoms with Crippen molar-refractivity contribution in [1.82, 2.24) is 8.87 Å². The van der Waals surface area contributed by atoms with Crippen molar-refractivity contribution >= 4 is 65.5 Å².